The van der Waals surface area contributed by atoms with E-state index in [0.29, 0.717) is 30.0 Å². The SMILES string of the molecule is C=CCn1c(=NC(=O)c2ccc(S(=O)(=O)N(CCCC)CCCC)cc2)sc2cc(OC)ccc21. The Morgan fingerprint density at radius 2 is 1.77 bits per heavy atom. The van der Waals surface area contributed by atoms with Crippen LogP contribution in [0.15, 0.2) is 65.0 Å². The van der Waals surface area contributed by atoms with Crippen LogP contribution in [0.25, 0.3) is 10.2 Å². The highest BCUT2D eigenvalue weighted by Gasteiger charge is 2.23. The second-order valence-corrected chi connectivity index (χ2v) is 11.1. The van der Waals surface area contributed by atoms with Gasteiger partial charge in [0.05, 0.1) is 22.2 Å². The molecular weight excluding hydrogens is 482 g/mol. The number of rotatable bonds is 12. The van der Waals surface area contributed by atoms with Gasteiger partial charge in [0.25, 0.3) is 5.91 Å². The van der Waals surface area contributed by atoms with Gasteiger partial charge in [0.15, 0.2) is 4.80 Å². The highest BCUT2D eigenvalue weighted by Crippen LogP contribution is 2.23. The molecule has 0 fully saturated rings. The Morgan fingerprint density at radius 1 is 1.11 bits per heavy atom. The number of thiazole rings is 1. The quantitative estimate of drug-likeness (QED) is 0.309. The van der Waals surface area contributed by atoms with Crippen LogP contribution >= 0.6 is 11.3 Å². The van der Waals surface area contributed by atoms with E-state index in [1.54, 1.807) is 17.5 Å². The van der Waals surface area contributed by atoms with Gasteiger partial charge in [-0.25, -0.2) is 8.42 Å². The van der Waals surface area contributed by atoms with Crippen molar-refractivity contribution in [1.29, 1.82) is 0 Å². The molecule has 0 saturated carbocycles. The van der Waals surface area contributed by atoms with Crippen LogP contribution in [0.4, 0.5) is 0 Å². The lowest BCUT2D eigenvalue weighted by atomic mass is 10.2. The summed E-state index contributed by atoms with van der Waals surface area (Å²) in [6.45, 7) is 9.38. The lowest BCUT2D eigenvalue weighted by Crippen LogP contribution is -2.33. The first kappa shape index (κ1) is 26.8. The molecule has 0 saturated heterocycles. The molecule has 1 aromatic heterocycles. The molecule has 7 nitrogen and oxygen atoms in total. The Morgan fingerprint density at radius 3 is 2.34 bits per heavy atom. The number of methoxy groups -OCH3 is 1. The Bertz CT molecular complexity index is 1330. The van der Waals surface area contributed by atoms with Crippen LogP contribution in [0.2, 0.25) is 0 Å². The number of hydrogen-bond donors (Lipinski definition) is 0. The second-order valence-electron chi connectivity index (χ2n) is 8.17. The van der Waals surface area contributed by atoms with Gasteiger partial charge in [-0.3, -0.25) is 4.79 Å². The fourth-order valence-electron chi connectivity index (χ4n) is 3.66. The first-order valence-corrected chi connectivity index (χ1v) is 14.1. The summed E-state index contributed by atoms with van der Waals surface area (Å²) in [6.07, 6.45) is 5.21. The van der Waals surface area contributed by atoms with Crippen molar-refractivity contribution in [3.63, 3.8) is 0 Å². The molecule has 0 unspecified atom stereocenters. The fourth-order valence-corrected chi connectivity index (χ4v) is 6.25. The number of hydrogen-bond acceptors (Lipinski definition) is 5. The molecule has 1 heterocycles. The van der Waals surface area contributed by atoms with Gasteiger partial charge in [-0.05, 0) is 55.3 Å². The minimum Gasteiger partial charge on any atom is -0.497 e. The lowest BCUT2D eigenvalue weighted by Gasteiger charge is -2.22. The number of carbonyl (C=O) groups is 1. The van der Waals surface area contributed by atoms with E-state index in [2.05, 4.69) is 11.6 Å². The molecule has 188 valence electrons. The van der Waals surface area contributed by atoms with E-state index in [9.17, 15) is 13.2 Å². The van der Waals surface area contributed by atoms with E-state index < -0.39 is 15.9 Å². The van der Waals surface area contributed by atoms with E-state index in [-0.39, 0.29) is 4.90 Å². The van der Waals surface area contributed by atoms with E-state index in [0.717, 1.165) is 41.6 Å². The van der Waals surface area contributed by atoms with Crippen LogP contribution in [0.1, 0.15) is 49.9 Å². The first-order valence-electron chi connectivity index (χ1n) is 11.8. The predicted molar refractivity (Wildman–Crippen MR) is 141 cm³/mol. The summed E-state index contributed by atoms with van der Waals surface area (Å²) in [5, 5.41) is 0. The van der Waals surface area contributed by atoms with Gasteiger partial charge < -0.3 is 9.30 Å². The number of sulfonamides is 1. The number of amides is 1. The van der Waals surface area contributed by atoms with Crippen molar-refractivity contribution in [3.8, 4) is 5.75 Å². The normalized spacial score (nSPS) is 12.4. The minimum absolute atomic E-state index is 0.192. The maximum atomic E-state index is 13.2. The monoisotopic (exact) mass is 515 g/mol. The van der Waals surface area contributed by atoms with Gasteiger partial charge in [0.2, 0.25) is 10.0 Å². The predicted octanol–water partition coefficient (Wildman–Crippen LogP) is 5.23. The van der Waals surface area contributed by atoms with Crippen molar-refractivity contribution in [1.82, 2.24) is 8.87 Å². The third-order valence-electron chi connectivity index (χ3n) is 5.66. The summed E-state index contributed by atoms with van der Waals surface area (Å²) in [4.78, 5) is 18.0. The zero-order valence-corrected chi connectivity index (χ0v) is 22.2. The molecule has 2 aromatic carbocycles. The van der Waals surface area contributed by atoms with E-state index >= 15 is 0 Å². The molecule has 0 aliphatic carbocycles. The topological polar surface area (TPSA) is 81.0 Å². The Balaban J connectivity index is 1.92. The highest BCUT2D eigenvalue weighted by molar-refractivity contribution is 7.89. The molecule has 0 spiro atoms. The zero-order chi connectivity index (χ0) is 25.4. The standard InChI is InChI=1S/C26H33N3O4S2/c1-5-8-17-28(18-9-6-2)35(31,32)22-13-10-20(11-14-22)25(30)27-26-29(16-7-3)23-15-12-21(33-4)19-24(23)34-26/h7,10-15,19H,3,5-6,8-9,16-18H2,1-2,4H3. The minimum atomic E-state index is -3.62. The number of carbonyl (C=O) groups excluding carboxylic acids is 1. The van der Waals surface area contributed by atoms with Gasteiger partial charge in [-0.15, -0.1) is 6.58 Å². The third kappa shape index (κ3) is 6.28. The fraction of sp³-hybridized carbons (Fsp3) is 0.385. The second kappa shape index (κ2) is 12.3. The van der Waals surface area contributed by atoms with Crippen molar-refractivity contribution in [2.75, 3.05) is 20.2 Å². The molecule has 1 amide bonds. The van der Waals surface area contributed by atoms with E-state index in [1.165, 1.54) is 35.6 Å². The van der Waals surface area contributed by atoms with Crippen molar-refractivity contribution in [2.24, 2.45) is 4.99 Å². The molecule has 0 aliphatic rings. The zero-order valence-electron chi connectivity index (χ0n) is 20.6. The van der Waals surface area contributed by atoms with E-state index in [1.807, 2.05) is 36.6 Å². The number of aromatic nitrogens is 1. The van der Waals surface area contributed by atoms with Gasteiger partial charge in [0.1, 0.15) is 5.75 Å². The molecule has 3 aromatic rings. The summed E-state index contributed by atoms with van der Waals surface area (Å²) in [6, 6.07) is 11.8. The summed E-state index contributed by atoms with van der Waals surface area (Å²) in [7, 11) is -2.01. The number of nitrogens with zero attached hydrogens (tertiary/aromatic N) is 3. The summed E-state index contributed by atoms with van der Waals surface area (Å²) < 4.78 is 36.1. The Labute approximate surface area is 211 Å². The molecule has 0 atom stereocenters. The number of benzene rings is 2. The van der Waals surface area contributed by atoms with Crippen LogP contribution in [0, 0.1) is 0 Å². The average Bonchev–Trinajstić information content (AvgIpc) is 3.20. The summed E-state index contributed by atoms with van der Waals surface area (Å²) in [5.41, 5.74) is 1.26. The summed E-state index contributed by atoms with van der Waals surface area (Å²) in [5.74, 6) is 0.296. The molecule has 9 heteroatoms. The molecular formula is C26H33N3O4S2. The van der Waals surface area contributed by atoms with Gasteiger partial charge in [0, 0.05) is 25.2 Å². The van der Waals surface area contributed by atoms with Crippen LogP contribution in [-0.2, 0) is 16.6 Å². The number of ether oxygens (including phenoxy) is 1. The van der Waals surface area contributed by atoms with Crippen molar-refractivity contribution in [3.05, 3.63) is 65.5 Å². The molecule has 0 bridgehead atoms. The Hall–Kier alpha value is -2.75. The van der Waals surface area contributed by atoms with Crippen molar-refractivity contribution < 1.29 is 17.9 Å². The molecule has 0 aliphatic heterocycles. The van der Waals surface area contributed by atoms with Crippen molar-refractivity contribution in [2.45, 2.75) is 51.0 Å². The van der Waals surface area contributed by atoms with Gasteiger partial charge in [-0.1, -0.05) is 44.1 Å². The number of fused-ring (bicyclic) bond motifs is 1. The summed E-state index contributed by atoms with van der Waals surface area (Å²) >= 11 is 1.39. The molecule has 3 rings (SSSR count). The maximum Gasteiger partial charge on any atom is 0.279 e. The smallest absolute Gasteiger partial charge is 0.279 e. The van der Waals surface area contributed by atoms with Gasteiger partial charge >= 0.3 is 0 Å². The largest absolute Gasteiger partial charge is 0.497 e. The number of unbranched alkanes of at least 4 members (excludes halogenated alkanes) is 2. The van der Waals surface area contributed by atoms with Crippen LogP contribution in [-0.4, -0.2) is 43.4 Å². The Kier molecular flexibility index (Phi) is 9.42. The van der Waals surface area contributed by atoms with Crippen LogP contribution in [0.5, 0.6) is 5.75 Å². The van der Waals surface area contributed by atoms with Gasteiger partial charge in [-0.2, -0.15) is 9.30 Å². The lowest BCUT2D eigenvalue weighted by molar-refractivity contribution is 0.0997. The molecule has 0 radical (unpaired) electrons. The average molecular weight is 516 g/mol. The van der Waals surface area contributed by atoms with E-state index in [4.69, 9.17) is 4.74 Å². The highest BCUT2D eigenvalue weighted by atomic mass is 32.2. The molecule has 35 heavy (non-hydrogen) atoms. The van der Waals surface area contributed by atoms with Crippen molar-refractivity contribution >= 4 is 37.5 Å². The molecule has 0 N–H and O–H groups in total. The third-order valence-corrected chi connectivity index (χ3v) is 8.61. The van der Waals surface area contributed by atoms with Crippen LogP contribution < -0.4 is 9.54 Å². The first-order chi connectivity index (χ1) is 16.8. The maximum absolute atomic E-state index is 13.2. The number of allylic oxidation sites excluding steroid dienone is 1. The van der Waals surface area contributed by atoms with Crippen LogP contribution in [0.3, 0.4) is 0 Å².